The Morgan fingerprint density at radius 2 is 1.94 bits per heavy atom. The Morgan fingerprint density at radius 1 is 1.16 bits per heavy atom. The Bertz CT molecular complexity index is 1180. The first kappa shape index (κ1) is 23.4. The summed E-state index contributed by atoms with van der Waals surface area (Å²) in [6.45, 7) is 8.20. The van der Waals surface area contributed by atoms with Crippen LogP contribution >= 0.6 is 0 Å². The van der Waals surface area contributed by atoms with E-state index in [1.165, 1.54) is 4.57 Å². The summed E-state index contributed by atoms with van der Waals surface area (Å²) in [5.41, 5.74) is 1.51. The zero-order chi connectivity index (χ0) is 23.3. The third-order valence-corrected chi connectivity index (χ3v) is 4.79. The average molecular weight is 438 g/mol. The fourth-order valence-corrected chi connectivity index (χ4v) is 3.30. The van der Waals surface area contributed by atoms with Gasteiger partial charge in [-0.3, -0.25) is 4.79 Å². The number of anilines is 3. The van der Waals surface area contributed by atoms with Crippen LogP contribution in [-0.2, 0) is 6.54 Å². The van der Waals surface area contributed by atoms with Gasteiger partial charge >= 0.3 is 0 Å². The van der Waals surface area contributed by atoms with E-state index in [2.05, 4.69) is 20.6 Å². The van der Waals surface area contributed by atoms with Gasteiger partial charge in [-0.25, -0.2) is 9.97 Å². The normalized spacial score (nSPS) is 11.9. The molecule has 0 aliphatic heterocycles. The summed E-state index contributed by atoms with van der Waals surface area (Å²) in [5.74, 6) is 1.66. The number of fused-ring (bicyclic) bond motifs is 1. The number of aryl methyl sites for hydroxylation is 1. The second-order valence-corrected chi connectivity index (χ2v) is 8.70. The minimum Gasteiger partial charge on any atom is -0.396 e. The van der Waals surface area contributed by atoms with E-state index in [1.54, 1.807) is 12.4 Å². The molecule has 0 aromatic carbocycles. The summed E-state index contributed by atoms with van der Waals surface area (Å²) in [4.78, 5) is 22.2. The Kier molecular flexibility index (Phi) is 7.27. The predicted octanol–water partition coefficient (Wildman–Crippen LogP) is 3.44. The van der Waals surface area contributed by atoms with Gasteiger partial charge in [0.05, 0.1) is 12.0 Å². The molecule has 0 fully saturated rings. The summed E-state index contributed by atoms with van der Waals surface area (Å²) in [6.07, 6.45) is 7.93. The van der Waals surface area contributed by atoms with Crippen LogP contribution in [0.5, 0.6) is 0 Å². The number of pyridine rings is 3. The van der Waals surface area contributed by atoms with Gasteiger partial charge in [0, 0.05) is 31.1 Å². The summed E-state index contributed by atoms with van der Waals surface area (Å²) in [6, 6.07) is 5.58. The molecule has 0 bridgehead atoms. The van der Waals surface area contributed by atoms with Crippen molar-refractivity contribution in [1.29, 1.82) is 0 Å². The number of aliphatic hydroxyl groups is 2. The molecule has 0 spiro atoms. The van der Waals surface area contributed by atoms with Crippen LogP contribution in [0.15, 0.2) is 41.5 Å². The molecular formula is C24H31N5O3. The Morgan fingerprint density at radius 3 is 2.62 bits per heavy atom. The molecule has 0 radical (unpaired) electrons. The van der Waals surface area contributed by atoms with Crippen molar-refractivity contribution in [1.82, 2.24) is 14.5 Å². The van der Waals surface area contributed by atoms with Crippen molar-refractivity contribution < 1.29 is 10.2 Å². The zero-order valence-corrected chi connectivity index (χ0v) is 19.0. The van der Waals surface area contributed by atoms with E-state index in [-0.39, 0.29) is 30.9 Å². The van der Waals surface area contributed by atoms with Crippen LogP contribution < -0.4 is 16.2 Å². The lowest BCUT2D eigenvalue weighted by Crippen LogP contribution is -2.29. The van der Waals surface area contributed by atoms with Crippen molar-refractivity contribution in [3.8, 4) is 0 Å². The molecule has 3 aromatic rings. The molecule has 0 unspecified atom stereocenters. The van der Waals surface area contributed by atoms with Gasteiger partial charge in [-0.05, 0) is 68.8 Å². The van der Waals surface area contributed by atoms with Gasteiger partial charge in [-0.15, -0.1) is 0 Å². The highest BCUT2D eigenvalue weighted by Gasteiger charge is 2.17. The van der Waals surface area contributed by atoms with Gasteiger partial charge in [-0.2, -0.15) is 0 Å². The first-order valence-corrected chi connectivity index (χ1v) is 10.7. The van der Waals surface area contributed by atoms with Gasteiger partial charge in [0.1, 0.15) is 17.5 Å². The quantitative estimate of drug-likeness (QED) is 0.427. The van der Waals surface area contributed by atoms with Crippen molar-refractivity contribution in [2.24, 2.45) is 0 Å². The summed E-state index contributed by atoms with van der Waals surface area (Å²) in [7, 11) is 0. The monoisotopic (exact) mass is 437 g/mol. The maximum absolute atomic E-state index is 13.0. The van der Waals surface area contributed by atoms with Crippen molar-refractivity contribution in [2.45, 2.75) is 46.2 Å². The molecule has 8 nitrogen and oxygen atoms in total. The smallest absolute Gasteiger partial charge is 0.262 e. The van der Waals surface area contributed by atoms with Crippen LogP contribution in [0.3, 0.4) is 0 Å². The highest BCUT2D eigenvalue weighted by Crippen LogP contribution is 2.26. The molecule has 170 valence electrons. The summed E-state index contributed by atoms with van der Waals surface area (Å²) in [5, 5.41) is 26.1. The zero-order valence-electron chi connectivity index (χ0n) is 19.0. The predicted molar refractivity (Wildman–Crippen MR) is 129 cm³/mol. The van der Waals surface area contributed by atoms with Crippen LogP contribution in [-0.4, -0.2) is 43.5 Å². The van der Waals surface area contributed by atoms with Crippen LogP contribution in [0, 0.1) is 6.92 Å². The SMILES string of the molecule is Cc1cnc(Nc2cc3ccn(CCO)c(=O)c3c(NC(C)(C)C)n2)cc1C=CCCO. The van der Waals surface area contributed by atoms with Crippen molar-refractivity contribution in [2.75, 3.05) is 23.8 Å². The fourth-order valence-electron chi connectivity index (χ4n) is 3.30. The number of aromatic nitrogens is 3. The summed E-state index contributed by atoms with van der Waals surface area (Å²) < 4.78 is 1.48. The largest absolute Gasteiger partial charge is 0.396 e. The number of nitrogens with zero attached hydrogens (tertiary/aromatic N) is 3. The molecule has 0 aliphatic rings. The Hall–Kier alpha value is -3.23. The number of nitrogens with one attached hydrogen (secondary N) is 2. The number of hydrogen-bond acceptors (Lipinski definition) is 7. The molecule has 0 saturated carbocycles. The number of hydrogen-bond donors (Lipinski definition) is 4. The molecule has 0 saturated heterocycles. The lowest BCUT2D eigenvalue weighted by atomic mass is 10.1. The molecule has 3 aromatic heterocycles. The molecule has 0 amide bonds. The molecule has 4 N–H and O–H groups in total. The van der Waals surface area contributed by atoms with Gasteiger partial charge in [0.25, 0.3) is 5.56 Å². The maximum atomic E-state index is 13.0. The van der Waals surface area contributed by atoms with E-state index >= 15 is 0 Å². The van der Waals surface area contributed by atoms with Crippen molar-refractivity contribution in [3.63, 3.8) is 0 Å². The van der Waals surface area contributed by atoms with E-state index in [0.29, 0.717) is 29.3 Å². The minimum absolute atomic E-state index is 0.107. The van der Waals surface area contributed by atoms with Crippen LogP contribution in [0.25, 0.3) is 16.8 Å². The Labute approximate surface area is 187 Å². The molecule has 3 rings (SSSR count). The van der Waals surface area contributed by atoms with Crippen LogP contribution in [0.4, 0.5) is 17.5 Å². The molecule has 0 aliphatic carbocycles. The van der Waals surface area contributed by atoms with E-state index in [9.17, 15) is 9.90 Å². The van der Waals surface area contributed by atoms with Gasteiger partial charge < -0.3 is 25.4 Å². The van der Waals surface area contributed by atoms with Gasteiger partial charge in [0.15, 0.2) is 0 Å². The minimum atomic E-state index is -0.310. The van der Waals surface area contributed by atoms with Gasteiger partial charge in [0.2, 0.25) is 0 Å². The molecular weight excluding hydrogens is 406 g/mol. The van der Waals surface area contributed by atoms with Crippen molar-refractivity contribution >= 4 is 34.3 Å². The van der Waals surface area contributed by atoms with E-state index in [0.717, 1.165) is 16.5 Å². The topological polar surface area (TPSA) is 112 Å². The molecule has 0 atom stereocenters. The molecule has 3 heterocycles. The van der Waals surface area contributed by atoms with E-state index in [4.69, 9.17) is 5.11 Å². The first-order valence-electron chi connectivity index (χ1n) is 10.7. The second kappa shape index (κ2) is 9.93. The van der Waals surface area contributed by atoms with E-state index < -0.39 is 0 Å². The second-order valence-electron chi connectivity index (χ2n) is 8.70. The standard InChI is InChI=1S/C24H31N5O3/c1-16-15-25-19(13-17(16)7-5-6-11-30)26-20-14-18-8-9-29(10-12-31)23(32)21(18)22(27-20)28-24(2,3)4/h5,7-9,13-15,30-31H,6,10-12H2,1-4H3,(H2,25,26,27,28). The highest BCUT2D eigenvalue weighted by atomic mass is 16.3. The third kappa shape index (κ3) is 5.72. The first-order chi connectivity index (χ1) is 15.2. The maximum Gasteiger partial charge on any atom is 0.262 e. The fraction of sp³-hybridized carbons (Fsp3) is 0.375. The van der Waals surface area contributed by atoms with Crippen molar-refractivity contribution in [3.05, 3.63) is 58.1 Å². The number of rotatable bonds is 8. The number of aliphatic hydroxyl groups excluding tert-OH is 2. The molecule has 8 heteroatoms. The Balaban J connectivity index is 2.05. The molecule has 32 heavy (non-hydrogen) atoms. The van der Waals surface area contributed by atoms with E-state index in [1.807, 2.05) is 58.0 Å². The van der Waals surface area contributed by atoms with Crippen LogP contribution in [0.1, 0.15) is 38.3 Å². The summed E-state index contributed by atoms with van der Waals surface area (Å²) >= 11 is 0. The average Bonchev–Trinajstić information content (AvgIpc) is 2.71. The lowest BCUT2D eigenvalue weighted by Gasteiger charge is -2.23. The third-order valence-electron chi connectivity index (χ3n) is 4.79. The highest BCUT2D eigenvalue weighted by molar-refractivity contribution is 5.93. The van der Waals surface area contributed by atoms with Crippen LogP contribution in [0.2, 0.25) is 0 Å². The van der Waals surface area contributed by atoms with Gasteiger partial charge in [-0.1, -0.05) is 12.2 Å². The lowest BCUT2D eigenvalue weighted by molar-refractivity contribution is 0.274.